The van der Waals surface area contributed by atoms with Crippen molar-refractivity contribution in [3.8, 4) is 0 Å². The molecule has 0 amide bonds. The topological polar surface area (TPSA) is 61.8 Å². The van der Waals surface area contributed by atoms with E-state index in [2.05, 4.69) is 17.3 Å². The number of carboxylic acids is 1. The number of hydrogen-bond acceptors (Lipinski definition) is 4. The van der Waals surface area contributed by atoms with Gasteiger partial charge in [0.05, 0.1) is 7.11 Å². The van der Waals surface area contributed by atoms with Gasteiger partial charge < -0.3 is 14.8 Å². The van der Waals surface area contributed by atoms with Crippen molar-refractivity contribution in [2.24, 2.45) is 0 Å². The summed E-state index contributed by atoms with van der Waals surface area (Å²) in [6.07, 6.45) is -2.66. The van der Waals surface area contributed by atoms with Crippen molar-refractivity contribution < 1.29 is 27.9 Å². The molecule has 1 aliphatic heterocycles. The maximum Gasteiger partial charge on any atom is 0.490 e. The quantitative estimate of drug-likeness (QED) is 0.757. The summed E-state index contributed by atoms with van der Waals surface area (Å²) in [5.41, 5.74) is 3.00. The molecule has 0 saturated carbocycles. The van der Waals surface area contributed by atoms with Crippen LogP contribution < -0.4 is 5.48 Å². The van der Waals surface area contributed by atoms with E-state index in [0.717, 1.165) is 0 Å². The number of likely N-dealkylation sites (tertiary alicyclic amines) is 1. The van der Waals surface area contributed by atoms with Crippen LogP contribution in [0.2, 0.25) is 0 Å². The minimum Gasteiger partial charge on any atom is -0.475 e. The van der Waals surface area contributed by atoms with E-state index in [1.807, 2.05) is 0 Å². The van der Waals surface area contributed by atoms with Gasteiger partial charge >= 0.3 is 12.1 Å². The van der Waals surface area contributed by atoms with Gasteiger partial charge in [0.15, 0.2) is 0 Å². The van der Waals surface area contributed by atoms with E-state index < -0.39 is 12.1 Å². The van der Waals surface area contributed by atoms with Crippen LogP contribution in [-0.4, -0.2) is 54.9 Å². The number of aliphatic carboxylic acids is 1. The summed E-state index contributed by atoms with van der Waals surface area (Å²) in [7, 11) is 1.69. The van der Waals surface area contributed by atoms with Gasteiger partial charge in [0.2, 0.25) is 0 Å². The van der Waals surface area contributed by atoms with Crippen LogP contribution in [0.3, 0.4) is 0 Å². The fourth-order valence-corrected chi connectivity index (χ4v) is 1.53. The second kappa shape index (κ2) is 8.28. The van der Waals surface area contributed by atoms with Gasteiger partial charge in [-0.15, -0.1) is 0 Å². The number of nitrogens with zero attached hydrogens (tertiary/aromatic N) is 1. The van der Waals surface area contributed by atoms with Crippen LogP contribution >= 0.6 is 0 Å². The molecule has 18 heavy (non-hydrogen) atoms. The Hall–Kier alpha value is -0.860. The fourth-order valence-electron chi connectivity index (χ4n) is 1.53. The van der Waals surface area contributed by atoms with Gasteiger partial charge in [-0.1, -0.05) is 6.92 Å². The van der Waals surface area contributed by atoms with Gasteiger partial charge in [-0.05, 0) is 32.5 Å². The standard InChI is InChI=1S/C8H18N2O.C2HF3O2/c1-3-10-6-4-8(5-7-10)9-11-2;3-2(4,5)1(6)7/h8-9H,3-7H2,1-2H3;(H,6,7). The minimum atomic E-state index is -5.08. The summed E-state index contributed by atoms with van der Waals surface area (Å²) in [6, 6.07) is 0.572. The molecule has 5 nitrogen and oxygen atoms in total. The van der Waals surface area contributed by atoms with E-state index in [-0.39, 0.29) is 0 Å². The molecule has 1 saturated heterocycles. The van der Waals surface area contributed by atoms with E-state index in [1.54, 1.807) is 7.11 Å². The molecule has 108 valence electrons. The van der Waals surface area contributed by atoms with Crippen molar-refractivity contribution in [3.05, 3.63) is 0 Å². The molecule has 1 rings (SSSR count). The number of rotatable bonds is 3. The Labute approximate surface area is 104 Å². The third-order valence-corrected chi connectivity index (χ3v) is 2.56. The minimum absolute atomic E-state index is 0.572. The molecule has 8 heteroatoms. The molecule has 0 aromatic rings. The number of nitrogens with one attached hydrogen (secondary N) is 1. The first-order valence-corrected chi connectivity index (χ1v) is 5.62. The Morgan fingerprint density at radius 3 is 2.17 bits per heavy atom. The molecule has 2 N–H and O–H groups in total. The van der Waals surface area contributed by atoms with Crippen molar-refractivity contribution in [1.82, 2.24) is 10.4 Å². The maximum atomic E-state index is 10.6. The fraction of sp³-hybridized carbons (Fsp3) is 0.900. The third-order valence-electron chi connectivity index (χ3n) is 2.56. The van der Waals surface area contributed by atoms with Gasteiger partial charge in [-0.25, -0.2) is 4.79 Å². The lowest BCUT2D eigenvalue weighted by Crippen LogP contribution is -2.41. The molecule has 0 bridgehead atoms. The largest absolute Gasteiger partial charge is 0.490 e. The zero-order chi connectivity index (χ0) is 14.2. The lowest BCUT2D eigenvalue weighted by Gasteiger charge is -2.30. The van der Waals surface area contributed by atoms with E-state index in [4.69, 9.17) is 14.7 Å². The van der Waals surface area contributed by atoms with Crippen LogP contribution in [0.1, 0.15) is 19.8 Å². The van der Waals surface area contributed by atoms with Gasteiger partial charge in [0.1, 0.15) is 0 Å². The van der Waals surface area contributed by atoms with E-state index in [1.165, 1.54) is 32.5 Å². The van der Waals surface area contributed by atoms with E-state index in [9.17, 15) is 13.2 Å². The first kappa shape index (κ1) is 17.1. The molecule has 1 heterocycles. The summed E-state index contributed by atoms with van der Waals surface area (Å²) in [5, 5.41) is 7.12. The van der Waals surface area contributed by atoms with Crippen molar-refractivity contribution >= 4 is 5.97 Å². The zero-order valence-corrected chi connectivity index (χ0v) is 10.5. The van der Waals surface area contributed by atoms with Crippen molar-refractivity contribution in [3.63, 3.8) is 0 Å². The van der Waals surface area contributed by atoms with Gasteiger partial charge in [0.25, 0.3) is 0 Å². The van der Waals surface area contributed by atoms with Crippen LogP contribution in [0, 0.1) is 0 Å². The Balaban J connectivity index is 0.000000360. The summed E-state index contributed by atoms with van der Waals surface area (Å²) in [5.74, 6) is -2.76. The number of halogens is 3. The Bertz CT molecular complexity index is 241. The Morgan fingerprint density at radius 2 is 1.89 bits per heavy atom. The van der Waals surface area contributed by atoms with Gasteiger partial charge in [0, 0.05) is 6.04 Å². The summed E-state index contributed by atoms with van der Waals surface area (Å²) < 4.78 is 31.7. The highest BCUT2D eigenvalue weighted by Gasteiger charge is 2.38. The van der Waals surface area contributed by atoms with Gasteiger partial charge in [-0.3, -0.25) is 0 Å². The summed E-state index contributed by atoms with van der Waals surface area (Å²) in [4.78, 5) is 16.2. The number of carbonyl (C=O) groups is 1. The number of carboxylic acid groups (broad SMARTS) is 1. The van der Waals surface area contributed by atoms with Crippen LogP contribution in [0.25, 0.3) is 0 Å². The van der Waals surface area contributed by atoms with Crippen molar-refractivity contribution in [1.29, 1.82) is 0 Å². The molecule has 0 aliphatic carbocycles. The second-order valence-electron chi connectivity index (χ2n) is 3.83. The predicted molar refractivity (Wildman–Crippen MR) is 59.0 cm³/mol. The molecular weight excluding hydrogens is 253 g/mol. The molecule has 0 aromatic carbocycles. The molecular formula is C10H19F3N2O3. The highest BCUT2D eigenvalue weighted by molar-refractivity contribution is 5.73. The smallest absolute Gasteiger partial charge is 0.475 e. The molecule has 0 aromatic heterocycles. The van der Waals surface area contributed by atoms with Crippen molar-refractivity contribution in [2.45, 2.75) is 32.0 Å². The highest BCUT2D eigenvalue weighted by atomic mass is 19.4. The van der Waals surface area contributed by atoms with E-state index in [0.29, 0.717) is 6.04 Å². The van der Waals surface area contributed by atoms with Crippen LogP contribution in [-0.2, 0) is 9.63 Å². The van der Waals surface area contributed by atoms with Gasteiger partial charge in [-0.2, -0.15) is 18.7 Å². The first-order chi connectivity index (χ1) is 8.31. The molecule has 1 fully saturated rings. The van der Waals surface area contributed by atoms with Crippen LogP contribution in [0.4, 0.5) is 13.2 Å². The van der Waals surface area contributed by atoms with E-state index >= 15 is 0 Å². The average Bonchev–Trinajstić information content (AvgIpc) is 2.30. The third kappa shape index (κ3) is 7.46. The first-order valence-electron chi connectivity index (χ1n) is 5.62. The number of hydrogen-bond donors (Lipinski definition) is 2. The van der Waals surface area contributed by atoms with Crippen LogP contribution in [0.5, 0.6) is 0 Å². The zero-order valence-electron chi connectivity index (χ0n) is 10.5. The summed E-state index contributed by atoms with van der Waals surface area (Å²) in [6.45, 7) is 5.80. The highest BCUT2D eigenvalue weighted by Crippen LogP contribution is 2.13. The number of hydroxylamine groups is 1. The molecule has 0 unspecified atom stereocenters. The molecule has 0 radical (unpaired) electrons. The molecule has 0 atom stereocenters. The number of piperidine rings is 1. The number of alkyl halides is 3. The molecule has 1 aliphatic rings. The SMILES string of the molecule is CCN1CCC(NOC)CC1.O=C(O)C(F)(F)F. The Kier molecular flexibility index (Phi) is 7.88. The monoisotopic (exact) mass is 272 g/mol. The summed E-state index contributed by atoms with van der Waals surface area (Å²) >= 11 is 0. The average molecular weight is 272 g/mol. The van der Waals surface area contributed by atoms with Crippen LogP contribution in [0.15, 0.2) is 0 Å². The normalized spacial score (nSPS) is 18.1. The maximum absolute atomic E-state index is 10.6. The second-order valence-corrected chi connectivity index (χ2v) is 3.83. The Morgan fingerprint density at radius 1 is 1.44 bits per heavy atom. The predicted octanol–water partition coefficient (Wildman–Crippen LogP) is 1.26. The lowest BCUT2D eigenvalue weighted by molar-refractivity contribution is -0.192. The lowest BCUT2D eigenvalue weighted by atomic mass is 10.1. The van der Waals surface area contributed by atoms with Crippen molar-refractivity contribution in [2.75, 3.05) is 26.7 Å². The molecule has 0 spiro atoms.